The summed E-state index contributed by atoms with van der Waals surface area (Å²) in [6.07, 6.45) is 1.83. The number of rotatable bonds is 4. The summed E-state index contributed by atoms with van der Waals surface area (Å²) in [6, 6.07) is 15.2. The number of nitrogens with zero attached hydrogens (tertiary/aromatic N) is 2. The second-order valence-corrected chi connectivity index (χ2v) is 7.12. The van der Waals surface area contributed by atoms with Crippen LogP contribution < -0.4 is 0 Å². The minimum Gasteiger partial charge on any atom is -0.478 e. The zero-order valence-electron chi connectivity index (χ0n) is 14.8. The van der Waals surface area contributed by atoms with Gasteiger partial charge in [-0.1, -0.05) is 15.9 Å². The lowest BCUT2D eigenvalue weighted by molar-refractivity contribution is 0.0697. The van der Waals surface area contributed by atoms with Crippen LogP contribution in [0.4, 0.5) is 5.69 Å². The maximum Gasteiger partial charge on any atom is 0.335 e. The Balaban J connectivity index is 1.94. The van der Waals surface area contributed by atoms with Gasteiger partial charge in [0.1, 0.15) is 0 Å². The molecule has 0 fully saturated rings. The number of benzene rings is 2. The Kier molecular flexibility index (Phi) is 5.09. The van der Waals surface area contributed by atoms with Crippen molar-refractivity contribution in [2.75, 3.05) is 0 Å². The van der Waals surface area contributed by atoms with Crippen molar-refractivity contribution in [3.8, 4) is 5.69 Å². The van der Waals surface area contributed by atoms with E-state index in [0.717, 1.165) is 38.4 Å². The zero-order valence-corrected chi connectivity index (χ0v) is 16.4. The van der Waals surface area contributed by atoms with Crippen LogP contribution in [0.15, 0.2) is 58.0 Å². The maximum absolute atomic E-state index is 11.0. The highest BCUT2D eigenvalue weighted by Crippen LogP contribution is 2.23. The number of hydrogen-bond acceptors (Lipinski definition) is 2. The van der Waals surface area contributed by atoms with Gasteiger partial charge < -0.3 is 9.67 Å². The standard InChI is InChI=1S/C21H19BrN2O2/c1-13-10-16(21(25)26)4-9-20(13)23-12-17-11-14(2)24(15(17)3)19-7-5-18(22)6-8-19/h4-12H,1-3H3,(H,25,26). The number of carboxylic acid groups (broad SMARTS) is 1. The van der Waals surface area contributed by atoms with Crippen LogP contribution in [0.1, 0.15) is 32.9 Å². The molecule has 2 aromatic carbocycles. The summed E-state index contributed by atoms with van der Waals surface area (Å²) < 4.78 is 3.24. The van der Waals surface area contributed by atoms with Crippen LogP contribution >= 0.6 is 15.9 Å². The van der Waals surface area contributed by atoms with Gasteiger partial charge >= 0.3 is 5.97 Å². The van der Waals surface area contributed by atoms with Crippen molar-refractivity contribution in [1.29, 1.82) is 0 Å². The van der Waals surface area contributed by atoms with Crippen molar-refractivity contribution in [2.24, 2.45) is 4.99 Å². The number of halogens is 1. The molecule has 132 valence electrons. The average molecular weight is 411 g/mol. The molecule has 0 saturated heterocycles. The van der Waals surface area contributed by atoms with Gasteiger partial charge in [-0.25, -0.2) is 4.79 Å². The first-order valence-electron chi connectivity index (χ1n) is 8.19. The third-order valence-electron chi connectivity index (χ3n) is 4.34. The van der Waals surface area contributed by atoms with Crippen LogP contribution in [0.25, 0.3) is 5.69 Å². The molecule has 0 bridgehead atoms. The van der Waals surface area contributed by atoms with E-state index in [2.05, 4.69) is 57.5 Å². The monoisotopic (exact) mass is 410 g/mol. The molecule has 0 spiro atoms. The topological polar surface area (TPSA) is 54.6 Å². The molecular weight excluding hydrogens is 392 g/mol. The lowest BCUT2D eigenvalue weighted by Gasteiger charge is -2.09. The van der Waals surface area contributed by atoms with Crippen molar-refractivity contribution >= 4 is 33.8 Å². The molecule has 0 atom stereocenters. The lowest BCUT2D eigenvalue weighted by Crippen LogP contribution is -1.99. The number of carbonyl (C=O) groups is 1. The smallest absolute Gasteiger partial charge is 0.335 e. The Bertz CT molecular complexity index is 1000. The Morgan fingerprint density at radius 3 is 2.38 bits per heavy atom. The van der Waals surface area contributed by atoms with E-state index >= 15 is 0 Å². The Hall–Kier alpha value is -2.66. The molecule has 0 aliphatic heterocycles. The van der Waals surface area contributed by atoms with Crippen LogP contribution in [-0.4, -0.2) is 21.9 Å². The van der Waals surface area contributed by atoms with E-state index in [-0.39, 0.29) is 5.56 Å². The summed E-state index contributed by atoms with van der Waals surface area (Å²) in [5.41, 5.74) is 6.25. The highest BCUT2D eigenvalue weighted by molar-refractivity contribution is 9.10. The number of aliphatic imine (C=N–C) groups is 1. The van der Waals surface area contributed by atoms with Crippen molar-refractivity contribution in [3.63, 3.8) is 0 Å². The summed E-state index contributed by atoms with van der Waals surface area (Å²) >= 11 is 3.46. The lowest BCUT2D eigenvalue weighted by atomic mass is 10.1. The maximum atomic E-state index is 11.0. The molecule has 26 heavy (non-hydrogen) atoms. The fourth-order valence-corrected chi connectivity index (χ4v) is 3.24. The van der Waals surface area contributed by atoms with Gasteiger partial charge in [0.05, 0.1) is 11.3 Å². The Morgan fingerprint density at radius 2 is 1.77 bits per heavy atom. The van der Waals surface area contributed by atoms with E-state index in [1.54, 1.807) is 18.2 Å². The molecule has 0 radical (unpaired) electrons. The minimum absolute atomic E-state index is 0.273. The van der Waals surface area contributed by atoms with Crippen molar-refractivity contribution < 1.29 is 9.90 Å². The van der Waals surface area contributed by atoms with Gasteiger partial charge in [-0.15, -0.1) is 0 Å². The minimum atomic E-state index is -0.929. The summed E-state index contributed by atoms with van der Waals surface area (Å²) in [7, 11) is 0. The van der Waals surface area contributed by atoms with Crippen molar-refractivity contribution in [2.45, 2.75) is 20.8 Å². The predicted octanol–water partition coefficient (Wildman–Crippen LogP) is 5.61. The molecule has 4 nitrogen and oxygen atoms in total. The van der Waals surface area contributed by atoms with Crippen molar-refractivity contribution in [1.82, 2.24) is 4.57 Å². The number of aromatic carboxylic acids is 1. The van der Waals surface area contributed by atoms with Gasteiger partial charge in [0.2, 0.25) is 0 Å². The van der Waals surface area contributed by atoms with Gasteiger partial charge in [0.25, 0.3) is 0 Å². The van der Waals surface area contributed by atoms with E-state index in [4.69, 9.17) is 5.11 Å². The van der Waals surface area contributed by atoms with Crippen LogP contribution in [0, 0.1) is 20.8 Å². The van der Waals surface area contributed by atoms with E-state index in [1.807, 2.05) is 25.3 Å². The van der Waals surface area contributed by atoms with E-state index in [9.17, 15) is 4.79 Å². The normalized spacial score (nSPS) is 11.2. The van der Waals surface area contributed by atoms with Crippen LogP contribution in [-0.2, 0) is 0 Å². The third kappa shape index (κ3) is 3.63. The first-order valence-corrected chi connectivity index (χ1v) is 8.99. The molecule has 0 amide bonds. The summed E-state index contributed by atoms with van der Waals surface area (Å²) in [4.78, 5) is 15.6. The number of aryl methyl sites for hydroxylation is 2. The second-order valence-electron chi connectivity index (χ2n) is 6.20. The quantitative estimate of drug-likeness (QED) is 0.567. The summed E-state index contributed by atoms with van der Waals surface area (Å²) in [5.74, 6) is -0.929. The molecule has 0 aliphatic carbocycles. The molecule has 0 aliphatic rings. The first kappa shape index (κ1) is 18.1. The molecule has 0 unspecified atom stereocenters. The van der Waals surface area contributed by atoms with E-state index < -0.39 is 5.97 Å². The molecular formula is C21H19BrN2O2. The number of aromatic nitrogens is 1. The largest absolute Gasteiger partial charge is 0.478 e. The van der Waals surface area contributed by atoms with Crippen LogP contribution in [0.5, 0.6) is 0 Å². The summed E-state index contributed by atoms with van der Waals surface area (Å²) in [6.45, 7) is 6.00. The number of carboxylic acids is 1. The van der Waals surface area contributed by atoms with Crippen molar-refractivity contribution in [3.05, 3.63) is 81.1 Å². The molecule has 3 aromatic rings. The highest BCUT2D eigenvalue weighted by Gasteiger charge is 2.10. The fourth-order valence-electron chi connectivity index (χ4n) is 2.98. The molecule has 0 saturated carbocycles. The number of hydrogen-bond donors (Lipinski definition) is 1. The molecule has 1 N–H and O–H groups in total. The van der Waals surface area contributed by atoms with Gasteiger partial charge in [-0.2, -0.15) is 0 Å². The van der Waals surface area contributed by atoms with Gasteiger partial charge in [-0.05, 0) is 74.9 Å². The van der Waals surface area contributed by atoms with Crippen LogP contribution in [0.3, 0.4) is 0 Å². The SMILES string of the molecule is Cc1cc(C(=O)O)ccc1N=Cc1cc(C)n(-c2ccc(Br)cc2)c1C. The average Bonchev–Trinajstić information content (AvgIpc) is 2.88. The molecule has 1 aromatic heterocycles. The molecule has 5 heteroatoms. The Morgan fingerprint density at radius 1 is 1.08 bits per heavy atom. The molecule has 3 rings (SSSR count). The van der Waals surface area contributed by atoms with E-state index in [1.165, 1.54) is 0 Å². The van der Waals surface area contributed by atoms with Gasteiger partial charge in [0.15, 0.2) is 0 Å². The summed E-state index contributed by atoms with van der Waals surface area (Å²) in [5, 5.41) is 9.06. The Labute approximate surface area is 161 Å². The van der Waals surface area contributed by atoms with Crippen LogP contribution in [0.2, 0.25) is 0 Å². The second kappa shape index (κ2) is 7.30. The third-order valence-corrected chi connectivity index (χ3v) is 4.87. The first-order chi connectivity index (χ1) is 12.4. The highest BCUT2D eigenvalue weighted by atomic mass is 79.9. The predicted molar refractivity (Wildman–Crippen MR) is 108 cm³/mol. The van der Waals surface area contributed by atoms with Gasteiger partial charge in [-0.3, -0.25) is 4.99 Å². The zero-order chi connectivity index (χ0) is 18.8. The molecule has 1 heterocycles. The van der Waals surface area contributed by atoms with E-state index in [0.29, 0.717) is 0 Å². The van der Waals surface area contributed by atoms with Gasteiger partial charge in [0, 0.05) is 33.3 Å². The fraction of sp³-hybridized carbons (Fsp3) is 0.143.